The van der Waals surface area contributed by atoms with E-state index in [2.05, 4.69) is 20.3 Å². The standard InChI is InChI=1S/C11H20N6O2/c1-5-17(6-2)8(18)7(3)13-10-14-9(12)15-11(16-10)19-4/h7H,5-6H2,1-4H3,(H3,12,13,14,15,16). The predicted molar refractivity (Wildman–Crippen MR) is 71.8 cm³/mol. The summed E-state index contributed by atoms with van der Waals surface area (Å²) in [5.74, 6) is 0.233. The molecule has 1 unspecified atom stereocenters. The molecule has 0 saturated heterocycles. The maximum atomic E-state index is 12.1. The van der Waals surface area contributed by atoms with Gasteiger partial charge in [-0.2, -0.15) is 15.0 Å². The van der Waals surface area contributed by atoms with Crippen molar-refractivity contribution in [2.24, 2.45) is 0 Å². The number of aromatic nitrogens is 3. The number of rotatable bonds is 6. The van der Waals surface area contributed by atoms with Crippen molar-refractivity contribution in [3.63, 3.8) is 0 Å². The minimum atomic E-state index is -0.452. The van der Waals surface area contributed by atoms with Gasteiger partial charge in [-0.05, 0) is 20.8 Å². The van der Waals surface area contributed by atoms with Crippen molar-refractivity contribution in [2.75, 3.05) is 31.2 Å². The Hall–Kier alpha value is -2.12. The first-order chi connectivity index (χ1) is 9.01. The molecule has 0 radical (unpaired) electrons. The van der Waals surface area contributed by atoms with Crippen molar-refractivity contribution in [3.8, 4) is 6.01 Å². The van der Waals surface area contributed by atoms with Gasteiger partial charge < -0.3 is 20.7 Å². The summed E-state index contributed by atoms with van der Waals surface area (Å²) in [5, 5.41) is 2.89. The van der Waals surface area contributed by atoms with E-state index in [1.165, 1.54) is 7.11 Å². The summed E-state index contributed by atoms with van der Waals surface area (Å²) in [4.78, 5) is 25.5. The number of nitrogens with two attached hydrogens (primary N) is 1. The van der Waals surface area contributed by atoms with Crippen LogP contribution in [0.1, 0.15) is 20.8 Å². The van der Waals surface area contributed by atoms with E-state index in [0.29, 0.717) is 13.1 Å². The average Bonchev–Trinajstić information content (AvgIpc) is 2.39. The number of likely N-dealkylation sites (N-methyl/N-ethyl adjacent to an activating group) is 1. The quantitative estimate of drug-likeness (QED) is 0.755. The van der Waals surface area contributed by atoms with Gasteiger partial charge in [-0.1, -0.05) is 0 Å². The van der Waals surface area contributed by atoms with Crippen LogP contribution in [0.3, 0.4) is 0 Å². The first-order valence-corrected chi connectivity index (χ1v) is 6.12. The smallest absolute Gasteiger partial charge is 0.322 e. The van der Waals surface area contributed by atoms with Crippen molar-refractivity contribution >= 4 is 17.8 Å². The van der Waals surface area contributed by atoms with Gasteiger partial charge in [0.05, 0.1) is 7.11 Å². The number of ether oxygens (including phenoxy) is 1. The van der Waals surface area contributed by atoms with Crippen LogP contribution in [0.25, 0.3) is 0 Å². The monoisotopic (exact) mass is 268 g/mol. The molecule has 0 bridgehead atoms. The SMILES string of the molecule is CCN(CC)C(=O)C(C)Nc1nc(N)nc(OC)n1. The van der Waals surface area contributed by atoms with Crippen LogP contribution in [-0.4, -0.2) is 52.0 Å². The van der Waals surface area contributed by atoms with Gasteiger partial charge in [-0.15, -0.1) is 0 Å². The van der Waals surface area contributed by atoms with E-state index < -0.39 is 6.04 Å². The number of hydrogen-bond acceptors (Lipinski definition) is 7. The fourth-order valence-corrected chi connectivity index (χ4v) is 1.59. The van der Waals surface area contributed by atoms with Gasteiger partial charge in [-0.25, -0.2) is 0 Å². The molecule has 19 heavy (non-hydrogen) atoms. The predicted octanol–water partition coefficient (Wildman–Crippen LogP) is 0.131. The topological polar surface area (TPSA) is 106 Å². The molecule has 8 heteroatoms. The molecule has 0 fully saturated rings. The van der Waals surface area contributed by atoms with E-state index >= 15 is 0 Å². The van der Waals surface area contributed by atoms with Crippen LogP contribution in [0.2, 0.25) is 0 Å². The molecule has 1 heterocycles. The zero-order valence-electron chi connectivity index (χ0n) is 11.7. The van der Waals surface area contributed by atoms with Gasteiger partial charge in [0, 0.05) is 13.1 Å². The Bertz CT molecular complexity index is 435. The molecule has 8 nitrogen and oxygen atoms in total. The first-order valence-electron chi connectivity index (χ1n) is 6.12. The van der Waals surface area contributed by atoms with E-state index in [0.717, 1.165) is 0 Å². The number of amides is 1. The van der Waals surface area contributed by atoms with Crippen molar-refractivity contribution in [2.45, 2.75) is 26.8 Å². The highest BCUT2D eigenvalue weighted by atomic mass is 16.5. The average molecular weight is 268 g/mol. The summed E-state index contributed by atoms with van der Waals surface area (Å²) < 4.78 is 4.89. The third-order valence-electron chi connectivity index (χ3n) is 2.61. The highest BCUT2D eigenvalue weighted by Gasteiger charge is 2.19. The Morgan fingerprint density at radius 3 is 2.53 bits per heavy atom. The Morgan fingerprint density at radius 1 is 1.37 bits per heavy atom. The number of nitrogen functional groups attached to an aromatic ring is 1. The van der Waals surface area contributed by atoms with E-state index in [-0.39, 0.29) is 23.8 Å². The third kappa shape index (κ3) is 3.94. The minimum absolute atomic E-state index is 0.0250. The Balaban J connectivity index is 2.78. The lowest BCUT2D eigenvalue weighted by molar-refractivity contribution is -0.131. The number of nitrogens with one attached hydrogen (secondary N) is 1. The van der Waals surface area contributed by atoms with Crippen molar-refractivity contribution in [1.29, 1.82) is 0 Å². The maximum absolute atomic E-state index is 12.1. The second-order valence-corrected chi connectivity index (χ2v) is 3.88. The molecule has 1 aromatic rings. The molecule has 3 N–H and O–H groups in total. The molecule has 106 valence electrons. The van der Waals surface area contributed by atoms with Crippen LogP contribution in [0.5, 0.6) is 6.01 Å². The van der Waals surface area contributed by atoms with Crippen LogP contribution in [0, 0.1) is 0 Å². The molecule has 0 spiro atoms. The lowest BCUT2D eigenvalue weighted by Gasteiger charge is -2.23. The number of hydrogen-bond donors (Lipinski definition) is 2. The highest BCUT2D eigenvalue weighted by Crippen LogP contribution is 2.10. The minimum Gasteiger partial charge on any atom is -0.467 e. The molecule has 1 amide bonds. The van der Waals surface area contributed by atoms with E-state index in [9.17, 15) is 4.79 Å². The van der Waals surface area contributed by atoms with Crippen molar-refractivity contribution < 1.29 is 9.53 Å². The van der Waals surface area contributed by atoms with E-state index in [1.54, 1.807) is 11.8 Å². The second kappa shape index (κ2) is 6.72. The van der Waals surface area contributed by atoms with Crippen LogP contribution in [-0.2, 0) is 4.79 Å². The Labute approximate surface area is 112 Å². The largest absolute Gasteiger partial charge is 0.467 e. The van der Waals surface area contributed by atoms with Gasteiger partial charge in [-0.3, -0.25) is 4.79 Å². The Kier molecular flexibility index (Phi) is 5.28. The molecule has 1 aromatic heterocycles. The van der Waals surface area contributed by atoms with Gasteiger partial charge in [0.2, 0.25) is 17.8 Å². The van der Waals surface area contributed by atoms with Crippen molar-refractivity contribution in [1.82, 2.24) is 19.9 Å². The molecule has 0 aliphatic rings. The third-order valence-corrected chi connectivity index (χ3v) is 2.61. The number of methoxy groups -OCH3 is 1. The van der Waals surface area contributed by atoms with Gasteiger partial charge >= 0.3 is 6.01 Å². The van der Waals surface area contributed by atoms with E-state index in [1.807, 2.05) is 13.8 Å². The lowest BCUT2D eigenvalue weighted by atomic mass is 10.3. The molecule has 1 atom stereocenters. The summed E-state index contributed by atoms with van der Waals surface area (Å²) in [7, 11) is 1.43. The summed E-state index contributed by atoms with van der Waals surface area (Å²) in [6.07, 6.45) is 0. The molecule has 0 aromatic carbocycles. The summed E-state index contributed by atoms with van der Waals surface area (Å²) >= 11 is 0. The zero-order valence-corrected chi connectivity index (χ0v) is 11.7. The van der Waals surface area contributed by atoms with Gasteiger partial charge in [0.15, 0.2) is 0 Å². The summed E-state index contributed by atoms with van der Waals surface area (Å²) in [5.41, 5.74) is 5.52. The fourth-order valence-electron chi connectivity index (χ4n) is 1.59. The summed E-state index contributed by atoms with van der Waals surface area (Å²) in [6.45, 7) is 6.91. The second-order valence-electron chi connectivity index (χ2n) is 3.88. The zero-order chi connectivity index (χ0) is 14.4. The highest BCUT2D eigenvalue weighted by molar-refractivity contribution is 5.83. The van der Waals surface area contributed by atoms with Crippen LogP contribution in [0.15, 0.2) is 0 Å². The molecule has 0 aliphatic heterocycles. The molecule has 0 aliphatic carbocycles. The normalized spacial score (nSPS) is 11.8. The van der Waals surface area contributed by atoms with E-state index in [4.69, 9.17) is 10.5 Å². The van der Waals surface area contributed by atoms with Gasteiger partial charge in [0.1, 0.15) is 6.04 Å². The lowest BCUT2D eigenvalue weighted by Crippen LogP contribution is -2.41. The number of carbonyl (C=O) groups excluding carboxylic acids is 1. The number of nitrogens with zero attached hydrogens (tertiary/aromatic N) is 4. The van der Waals surface area contributed by atoms with Crippen LogP contribution < -0.4 is 15.8 Å². The molecular weight excluding hydrogens is 248 g/mol. The van der Waals surface area contributed by atoms with Crippen LogP contribution >= 0.6 is 0 Å². The maximum Gasteiger partial charge on any atom is 0.322 e. The first kappa shape index (κ1) is 14.9. The number of carbonyl (C=O) groups is 1. The number of anilines is 2. The molecule has 1 rings (SSSR count). The fraction of sp³-hybridized carbons (Fsp3) is 0.636. The summed E-state index contributed by atoms with van der Waals surface area (Å²) in [6, 6.07) is -0.344. The van der Waals surface area contributed by atoms with Crippen molar-refractivity contribution in [3.05, 3.63) is 0 Å². The molecule has 0 saturated carbocycles. The molecular formula is C11H20N6O2. The van der Waals surface area contributed by atoms with Gasteiger partial charge in [0.25, 0.3) is 0 Å². The Morgan fingerprint density at radius 2 is 2.00 bits per heavy atom. The van der Waals surface area contributed by atoms with Crippen LogP contribution in [0.4, 0.5) is 11.9 Å².